The van der Waals surface area contributed by atoms with E-state index >= 15 is 0 Å². The Morgan fingerprint density at radius 3 is 2.47 bits per heavy atom. The van der Waals surface area contributed by atoms with Gasteiger partial charge in [-0.15, -0.1) is 47.5 Å². The van der Waals surface area contributed by atoms with Gasteiger partial charge in [0.15, 0.2) is 0 Å². The Balaban J connectivity index is 0.000000180. The maximum absolute atomic E-state index is 6.11. The monoisotopic (exact) mass is 624 g/mol. The first kappa shape index (κ1) is 23.9. The minimum Gasteiger partial charge on any atom is -0.527 e. The van der Waals surface area contributed by atoms with Crippen LogP contribution in [0.25, 0.3) is 28.0 Å². The number of imidazole rings is 1. The first-order chi connectivity index (χ1) is 15.9. The van der Waals surface area contributed by atoms with Crippen molar-refractivity contribution in [3.8, 4) is 28.4 Å². The van der Waals surface area contributed by atoms with Gasteiger partial charge < -0.3 is 18.9 Å². The van der Waals surface area contributed by atoms with Gasteiger partial charge in [-0.3, -0.25) is 0 Å². The fourth-order valence-corrected chi connectivity index (χ4v) is 3.85. The number of aryl methyl sites for hydroxylation is 1. The van der Waals surface area contributed by atoms with E-state index < -0.39 is 0 Å². The molecule has 5 heteroatoms. The van der Waals surface area contributed by atoms with Gasteiger partial charge in [-0.05, 0) is 23.5 Å². The summed E-state index contributed by atoms with van der Waals surface area (Å²) in [6.45, 7) is 6.58. The number of ether oxygens (including phenoxy) is 1. The second-order valence-corrected chi connectivity index (χ2v) is 9.06. The number of benzene rings is 3. The van der Waals surface area contributed by atoms with Crippen molar-refractivity contribution in [2.75, 3.05) is 0 Å². The normalized spacial score (nSPS) is 11.5. The summed E-state index contributed by atoms with van der Waals surface area (Å²) in [4.78, 5) is 4.22. The first-order valence-corrected chi connectivity index (χ1v) is 11.0. The van der Waals surface area contributed by atoms with Crippen LogP contribution < -0.4 is 9.30 Å². The van der Waals surface area contributed by atoms with E-state index in [1.54, 1.807) is 6.20 Å². The smallest absolute Gasteiger partial charge is 0.527 e. The number of hydrogen-bond donors (Lipinski definition) is 0. The molecule has 0 saturated carbocycles. The fraction of sp³-hybridized carbons (Fsp3) is 0.172. The predicted octanol–water partition coefficient (Wildman–Crippen LogP) is 6.00. The summed E-state index contributed by atoms with van der Waals surface area (Å²) >= 11 is 0. The molecule has 1 aliphatic rings. The average Bonchev–Trinajstić information content (AvgIpc) is 3.18. The van der Waals surface area contributed by atoms with Crippen molar-refractivity contribution in [2.45, 2.75) is 26.2 Å². The van der Waals surface area contributed by atoms with Crippen LogP contribution in [0.2, 0.25) is 0 Å². The van der Waals surface area contributed by atoms with E-state index in [-0.39, 0.29) is 25.5 Å². The third-order valence-corrected chi connectivity index (χ3v) is 5.66. The van der Waals surface area contributed by atoms with Gasteiger partial charge in [0.1, 0.15) is 5.75 Å². The largest absolute Gasteiger partial charge is 3.00 e. The molecule has 3 aromatic carbocycles. The third kappa shape index (κ3) is 4.54. The van der Waals surface area contributed by atoms with Crippen molar-refractivity contribution in [2.24, 2.45) is 7.05 Å². The molecule has 2 aromatic heterocycles. The molecular formula is C29H25IrN3O+. The molecule has 0 saturated heterocycles. The van der Waals surface area contributed by atoms with Gasteiger partial charge in [0.2, 0.25) is 6.33 Å². The van der Waals surface area contributed by atoms with Crippen LogP contribution in [-0.2, 0) is 32.6 Å². The Hall–Kier alpha value is -3.27. The van der Waals surface area contributed by atoms with Crippen LogP contribution in [0.4, 0.5) is 0 Å². The molecule has 1 aliphatic heterocycles. The van der Waals surface area contributed by atoms with Crippen molar-refractivity contribution in [3.05, 3.63) is 103 Å². The van der Waals surface area contributed by atoms with Crippen LogP contribution in [0, 0.1) is 18.5 Å². The zero-order valence-electron chi connectivity index (χ0n) is 19.6. The van der Waals surface area contributed by atoms with Gasteiger partial charge in [0.05, 0.1) is 18.1 Å². The van der Waals surface area contributed by atoms with Crippen molar-refractivity contribution >= 4 is 11.0 Å². The van der Waals surface area contributed by atoms with E-state index in [1.807, 2.05) is 70.8 Å². The Labute approximate surface area is 214 Å². The topological polar surface area (TPSA) is 30.9 Å². The standard InChI is InChI=1S/C18H17N2O.C11H8N.Ir/c1-18(2,3)12-8-9-13-16(10-12)21-15-7-5-6-14-17(15)20(13)11-19(14)4;1-2-6-10(7-3-1)11-8-4-5-9-12-11;/h5-8,10H,1-4H3;1-6,8-9H;/q2*-1;+3. The summed E-state index contributed by atoms with van der Waals surface area (Å²) < 4.78 is 10.1. The molecule has 6 rings (SSSR count). The maximum atomic E-state index is 6.11. The molecule has 0 amide bonds. The molecular weight excluding hydrogens is 599 g/mol. The van der Waals surface area contributed by atoms with E-state index in [9.17, 15) is 0 Å². The number of para-hydroxylation sites is 1. The number of hydrogen-bond acceptors (Lipinski definition) is 2. The second kappa shape index (κ2) is 9.53. The van der Waals surface area contributed by atoms with Gasteiger partial charge in [-0.25, -0.2) is 0 Å². The van der Waals surface area contributed by atoms with Crippen LogP contribution in [0.1, 0.15) is 26.3 Å². The summed E-state index contributed by atoms with van der Waals surface area (Å²) in [6.07, 6.45) is 5.12. The average molecular weight is 624 g/mol. The fourth-order valence-electron chi connectivity index (χ4n) is 3.85. The third-order valence-electron chi connectivity index (χ3n) is 5.66. The number of aromatic nitrogens is 3. The number of rotatable bonds is 1. The number of nitrogens with zero attached hydrogens (tertiary/aromatic N) is 3. The van der Waals surface area contributed by atoms with Gasteiger partial charge in [0.25, 0.3) is 0 Å². The molecule has 0 bridgehead atoms. The van der Waals surface area contributed by atoms with Crippen molar-refractivity contribution in [1.82, 2.24) is 9.55 Å². The molecule has 0 aliphatic carbocycles. The Morgan fingerprint density at radius 2 is 1.76 bits per heavy atom. The van der Waals surface area contributed by atoms with E-state index in [2.05, 4.69) is 62.4 Å². The Kier molecular flexibility index (Phi) is 6.69. The van der Waals surface area contributed by atoms with E-state index in [1.165, 1.54) is 5.56 Å². The summed E-state index contributed by atoms with van der Waals surface area (Å²) in [5.74, 6) is 1.71. The number of fused-ring (bicyclic) bond motifs is 2. The minimum absolute atomic E-state index is 0. The maximum Gasteiger partial charge on any atom is 3.00 e. The van der Waals surface area contributed by atoms with Crippen LogP contribution in [-0.4, -0.2) is 9.55 Å². The van der Waals surface area contributed by atoms with Crippen LogP contribution in [0.15, 0.2) is 79.0 Å². The second-order valence-electron chi connectivity index (χ2n) is 9.06. The van der Waals surface area contributed by atoms with Crippen molar-refractivity contribution in [1.29, 1.82) is 0 Å². The van der Waals surface area contributed by atoms with Gasteiger partial charge >= 0.3 is 20.1 Å². The molecule has 0 unspecified atom stereocenters. The van der Waals surface area contributed by atoms with Gasteiger partial charge in [-0.2, -0.15) is 12.1 Å². The summed E-state index contributed by atoms with van der Waals surface area (Å²) in [7, 11) is 2.00. The van der Waals surface area contributed by atoms with Gasteiger partial charge in [-0.1, -0.05) is 50.5 Å². The zero-order valence-corrected chi connectivity index (χ0v) is 22.0. The Bertz CT molecular complexity index is 1380. The molecule has 34 heavy (non-hydrogen) atoms. The van der Waals surface area contributed by atoms with E-state index in [0.717, 1.165) is 39.5 Å². The van der Waals surface area contributed by atoms with Crippen molar-refractivity contribution < 1.29 is 29.4 Å². The molecule has 0 radical (unpaired) electrons. The van der Waals surface area contributed by atoms with Crippen LogP contribution in [0.3, 0.4) is 0 Å². The molecule has 4 nitrogen and oxygen atoms in total. The molecule has 0 atom stereocenters. The molecule has 5 aromatic rings. The van der Waals surface area contributed by atoms with E-state index in [4.69, 9.17) is 4.74 Å². The summed E-state index contributed by atoms with van der Waals surface area (Å²) in [6, 6.07) is 30.4. The van der Waals surface area contributed by atoms with Crippen LogP contribution >= 0.6 is 0 Å². The SMILES string of the molecule is Cn1[c-][n+]2c3c(cccc31)Oc1cc(C(C)(C)C)c[c-]c1-2.[Ir+3].[c-]1ccccc1-c1ccccn1. The van der Waals surface area contributed by atoms with Crippen LogP contribution in [0.5, 0.6) is 11.5 Å². The zero-order chi connectivity index (χ0) is 23.0. The molecule has 0 fully saturated rings. The van der Waals surface area contributed by atoms with E-state index in [0.29, 0.717) is 0 Å². The Morgan fingerprint density at radius 1 is 0.941 bits per heavy atom. The molecule has 0 spiro atoms. The molecule has 0 N–H and O–H groups in total. The van der Waals surface area contributed by atoms with Gasteiger partial charge in [0, 0.05) is 11.9 Å². The van der Waals surface area contributed by atoms with Crippen molar-refractivity contribution in [3.63, 3.8) is 0 Å². The predicted molar refractivity (Wildman–Crippen MR) is 129 cm³/mol. The molecule has 3 heterocycles. The summed E-state index contributed by atoms with van der Waals surface area (Å²) in [5, 5.41) is 0. The molecule has 170 valence electrons. The minimum atomic E-state index is 0. The quantitative estimate of drug-likeness (QED) is 0.166. The first-order valence-electron chi connectivity index (χ1n) is 11.0. The number of pyridine rings is 1. The summed E-state index contributed by atoms with van der Waals surface area (Å²) in [5.41, 5.74) is 6.38.